The van der Waals surface area contributed by atoms with Crippen LogP contribution < -0.4 is 9.80 Å². The molecule has 0 N–H and O–H groups in total. The molecular weight excluding hydrogens is 410 g/mol. The predicted octanol–water partition coefficient (Wildman–Crippen LogP) is 1.82. The third-order valence-corrected chi connectivity index (χ3v) is 6.37. The molecule has 3 aliphatic heterocycles. The van der Waals surface area contributed by atoms with Crippen LogP contribution in [0.15, 0.2) is 24.7 Å². The van der Waals surface area contributed by atoms with Gasteiger partial charge in [-0.15, -0.1) is 0 Å². The maximum atomic E-state index is 13.2. The lowest BCUT2D eigenvalue weighted by atomic mass is 9.95. The highest BCUT2D eigenvalue weighted by atomic mass is 16.7. The van der Waals surface area contributed by atoms with Crippen molar-refractivity contribution < 1.29 is 14.4 Å². The zero-order valence-electron chi connectivity index (χ0n) is 18.2. The molecule has 0 unspecified atom stereocenters. The fourth-order valence-electron chi connectivity index (χ4n) is 4.57. The number of rotatable bonds is 4. The maximum absolute atomic E-state index is 13.2. The van der Waals surface area contributed by atoms with Gasteiger partial charge < -0.3 is 4.90 Å². The van der Waals surface area contributed by atoms with Crippen LogP contribution in [0.5, 0.6) is 0 Å². The van der Waals surface area contributed by atoms with Crippen molar-refractivity contribution in [1.29, 1.82) is 0 Å². The topological polar surface area (TPSA) is 105 Å². The number of piperidine rings is 1. The summed E-state index contributed by atoms with van der Waals surface area (Å²) in [5.41, 5.74) is 1.61. The SMILES string of the molecule is Cc1cnc([C@@H]2CCON2C(=O)C2CCN(c3nccc(N4CCCC4=O)n3)CC2)cn1. The van der Waals surface area contributed by atoms with E-state index in [-0.39, 0.29) is 23.8 Å². The first-order valence-electron chi connectivity index (χ1n) is 11.2. The smallest absolute Gasteiger partial charge is 0.250 e. The second kappa shape index (κ2) is 8.78. The lowest BCUT2D eigenvalue weighted by molar-refractivity contribution is -0.182. The van der Waals surface area contributed by atoms with Gasteiger partial charge in [0.2, 0.25) is 17.8 Å². The Bertz CT molecular complexity index is 991. The van der Waals surface area contributed by atoms with Gasteiger partial charge in [0.1, 0.15) is 11.9 Å². The van der Waals surface area contributed by atoms with Crippen molar-refractivity contribution in [3.8, 4) is 0 Å². The average Bonchev–Trinajstić information content (AvgIpc) is 3.49. The van der Waals surface area contributed by atoms with Crippen LogP contribution in [0.4, 0.5) is 11.8 Å². The van der Waals surface area contributed by atoms with Crippen molar-refractivity contribution in [3.05, 3.63) is 36.0 Å². The standard InChI is InChI=1S/C22H27N7O3/c1-15-13-25-17(14-24-15)18-7-12-32-29(18)21(31)16-5-10-27(11-6-16)22-23-8-4-19(26-22)28-9-2-3-20(28)30/h4,8,13-14,16,18H,2-3,5-7,9-12H2,1H3/t18-/m0/s1. The summed E-state index contributed by atoms with van der Waals surface area (Å²) in [4.78, 5) is 52.6. The molecule has 0 saturated carbocycles. The number of carbonyl (C=O) groups excluding carboxylic acids is 2. The first kappa shape index (κ1) is 20.7. The largest absolute Gasteiger partial charge is 0.341 e. The number of hydrogen-bond acceptors (Lipinski definition) is 8. The molecule has 3 aliphatic rings. The predicted molar refractivity (Wildman–Crippen MR) is 115 cm³/mol. The van der Waals surface area contributed by atoms with Gasteiger partial charge in [0.15, 0.2) is 0 Å². The lowest BCUT2D eigenvalue weighted by Crippen LogP contribution is -2.42. The molecule has 168 valence electrons. The summed E-state index contributed by atoms with van der Waals surface area (Å²) in [6.45, 7) is 4.45. The fraction of sp³-hybridized carbons (Fsp3) is 0.545. The van der Waals surface area contributed by atoms with Gasteiger partial charge >= 0.3 is 0 Å². The molecule has 0 aromatic carbocycles. The molecule has 2 aromatic rings. The van der Waals surface area contributed by atoms with E-state index in [2.05, 4.69) is 24.8 Å². The third kappa shape index (κ3) is 4.02. The number of hydrogen-bond donors (Lipinski definition) is 0. The van der Waals surface area contributed by atoms with E-state index in [0.717, 1.165) is 24.2 Å². The zero-order valence-corrected chi connectivity index (χ0v) is 18.2. The number of carbonyl (C=O) groups is 2. The van der Waals surface area contributed by atoms with Gasteiger partial charge in [-0.1, -0.05) is 0 Å². The molecule has 10 nitrogen and oxygen atoms in total. The Balaban J connectivity index is 1.22. The minimum Gasteiger partial charge on any atom is -0.341 e. The molecule has 0 bridgehead atoms. The molecular formula is C22H27N7O3. The summed E-state index contributed by atoms with van der Waals surface area (Å²) in [6.07, 6.45) is 8.69. The monoisotopic (exact) mass is 437 g/mol. The van der Waals surface area contributed by atoms with Crippen molar-refractivity contribution >= 4 is 23.6 Å². The summed E-state index contributed by atoms with van der Waals surface area (Å²) in [6, 6.07) is 1.59. The number of amides is 2. The molecule has 1 atom stereocenters. The maximum Gasteiger partial charge on any atom is 0.250 e. The summed E-state index contributed by atoms with van der Waals surface area (Å²) < 4.78 is 0. The fourth-order valence-corrected chi connectivity index (χ4v) is 4.57. The lowest BCUT2D eigenvalue weighted by Gasteiger charge is -2.34. The molecule has 3 saturated heterocycles. The Labute approximate surface area is 186 Å². The van der Waals surface area contributed by atoms with Crippen molar-refractivity contribution in [2.75, 3.05) is 36.0 Å². The molecule has 2 amide bonds. The van der Waals surface area contributed by atoms with E-state index in [1.54, 1.807) is 29.6 Å². The van der Waals surface area contributed by atoms with Crippen LogP contribution in [0, 0.1) is 12.8 Å². The van der Waals surface area contributed by atoms with Crippen LogP contribution in [0.1, 0.15) is 49.5 Å². The highest BCUT2D eigenvalue weighted by Gasteiger charge is 2.38. The Morgan fingerprint density at radius 2 is 1.94 bits per heavy atom. The highest BCUT2D eigenvalue weighted by molar-refractivity contribution is 5.94. The summed E-state index contributed by atoms with van der Waals surface area (Å²) in [5, 5.41) is 1.51. The van der Waals surface area contributed by atoms with Crippen LogP contribution in [-0.4, -0.2) is 63.1 Å². The first-order valence-corrected chi connectivity index (χ1v) is 11.2. The third-order valence-electron chi connectivity index (χ3n) is 6.37. The van der Waals surface area contributed by atoms with Gasteiger partial charge in [-0.3, -0.25) is 29.3 Å². The van der Waals surface area contributed by atoms with E-state index < -0.39 is 0 Å². The van der Waals surface area contributed by atoms with Gasteiger partial charge in [-0.05, 0) is 32.3 Å². The second-order valence-corrected chi connectivity index (χ2v) is 8.51. The van der Waals surface area contributed by atoms with Gasteiger partial charge in [-0.2, -0.15) is 4.98 Å². The van der Waals surface area contributed by atoms with Crippen LogP contribution in [0.3, 0.4) is 0 Å². The summed E-state index contributed by atoms with van der Waals surface area (Å²) in [7, 11) is 0. The Morgan fingerprint density at radius 3 is 2.66 bits per heavy atom. The van der Waals surface area contributed by atoms with E-state index in [9.17, 15) is 9.59 Å². The van der Waals surface area contributed by atoms with E-state index >= 15 is 0 Å². The molecule has 0 aliphatic carbocycles. The average molecular weight is 438 g/mol. The van der Waals surface area contributed by atoms with Crippen LogP contribution in [0.2, 0.25) is 0 Å². The zero-order chi connectivity index (χ0) is 22.1. The Hall–Kier alpha value is -3.14. The van der Waals surface area contributed by atoms with E-state index in [1.807, 2.05) is 6.92 Å². The Morgan fingerprint density at radius 1 is 1.09 bits per heavy atom. The van der Waals surface area contributed by atoms with Crippen molar-refractivity contribution in [2.45, 2.75) is 45.1 Å². The summed E-state index contributed by atoms with van der Waals surface area (Å²) in [5.74, 6) is 1.26. The van der Waals surface area contributed by atoms with Crippen molar-refractivity contribution in [1.82, 2.24) is 25.0 Å². The summed E-state index contributed by atoms with van der Waals surface area (Å²) >= 11 is 0. The van der Waals surface area contributed by atoms with Gasteiger partial charge in [0.25, 0.3) is 0 Å². The van der Waals surface area contributed by atoms with E-state index in [0.29, 0.717) is 57.3 Å². The van der Waals surface area contributed by atoms with Crippen LogP contribution in [-0.2, 0) is 14.4 Å². The van der Waals surface area contributed by atoms with Gasteiger partial charge in [0, 0.05) is 50.8 Å². The van der Waals surface area contributed by atoms with Gasteiger partial charge in [0.05, 0.1) is 24.2 Å². The molecule has 32 heavy (non-hydrogen) atoms. The first-order chi connectivity index (χ1) is 15.6. The molecule has 5 heterocycles. The highest BCUT2D eigenvalue weighted by Crippen LogP contribution is 2.33. The molecule has 3 fully saturated rings. The molecule has 2 aromatic heterocycles. The molecule has 0 radical (unpaired) electrons. The number of aromatic nitrogens is 4. The van der Waals surface area contributed by atoms with Gasteiger partial charge in [-0.25, -0.2) is 10.0 Å². The number of aryl methyl sites for hydroxylation is 1. The number of anilines is 2. The van der Waals surface area contributed by atoms with E-state index in [1.165, 1.54) is 5.06 Å². The number of hydroxylamine groups is 2. The quantitative estimate of drug-likeness (QED) is 0.713. The molecule has 5 rings (SSSR count). The minimum absolute atomic E-state index is 0.00635. The second-order valence-electron chi connectivity index (χ2n) is 8.51. The van der Waals surface area contributed by atoms with Crippen LogP contribution in [0.25, 0.3) is 0 Å². The normalized spacial score (nSPS) is 22.1. The number of nitrogens with zero attached hydrogens (tertiary/aromatic N) is 7. The minimum atomic E-state index is -0.188. The van der Waals surface area contributed by atoms with Crippen molar-refractivity contribution in [3.63, 3.8) is 0 Å². The van der Waals surface area contributed by atoms with E-state index in [4.69, 9.17) is 4.84 Å². The van der Waals surface area contributed by atoms with Crippen molar-refractivity contribution in [2.24, 2.45) is 5.92 Å². The molecule has 0 spiro atoms. The Kier molecular flexibility index (Phi) is 5.69. The molecule has 10 heteroatoms. The van der Waals surface area contributed by atoms with Crippen LogP contribution >= 0.6 is 0 Å².